The van der Waals surface area contributed by atoms with Crippen molar-refractivity contribution in [3.05, 3.63) is 35.0 Å². The lowest BCUT2D eigenvalue weighted by atomic mass is 10.2. The lowest BCUT2D eigenvalue weighted by Crippen LogP contribution is -2.20. The number of rotatable bonds is 5. The van der Waals surface area contributed by atoms with Gasteiger partial charge in [-0.1, -0.05) is 17.7 Å². The van der Waals surface area contributed by atoms with Crippen LogP contribution in [0.2, 0.25) is 5.02 Å². The van der Waals surface area contributed by atoms with E-state index < -0.39 is 0 Å². The van der Waals surface area contributed by atoms with E-state index >= 15 is 0 Å². The second-order valence-electron chi connectivity index (χ2n) is 5.22. The van der Waals surface area contributed by atoms with Crippen LogP contribution in [-0.2, 0) is 4.74 Å². The smallest absolute Gasteiger partial charge is 0.244 e. The molecule has 1 fully saturated rings. The molecule has 6 nitrogen and oxygen atoms in total. The van der Waals surface area contributed by atoms with Crippen LogP contribution in [0.4, 0.5) is 17.5 Å². The van der Waals surface area contributed by atoms with Crippen LogP contribution in [0.25, 0.3) is 0 Å². The number of hydrogen-bond donors (Lipinski definition) is 2. The van der Waals surface area contributed by atoms with E-state index in [1.807, 2.05) is 25.1 Å². The van der Waals surface area contributed by atoms with E-state index in [0.717, 1.165) is 30.7 Å². The van der Waals surface area contributed by atoms with Gasteiger partial charge in [0.15, 0.2) is 5.82 Å². The lowest BCUT2D eigenvalue weighted by Gasteiger charge is -2.12. The largest absolute Gasteiger partial charge is 0.376 e. The van der Waals surface area contributed by atoms with Gasteiger partial charge < -0.3 is 15.4 Å². The molecule has 3 rings (SSSR count). The number of hydrogen-bond acceptors (Lipinski definition) is 6. The second-order valence-corrected chi connectivity index (χ2v) is 5.63. The molecule has 1 aromatic heterocycles. The molecule has 2 N–H and O–H groups in total. The molecule has 7 heteroatoms. The van der Waals surface area contributed by atoms with Crippen molar-refractivity contribution in [2.75, 3.05) is 23.8 Å². The van der Waals surface area contributed by atoms with Crippen LogP contribution in [0.5, 0.6) is 0 Å². The standard InChI is InChI=1S/C15H18ClN5O/c1-10-12(16)5-2-6-13(10)19-14-9-18-21-15(20-14)17-8-11-4-3-7-22-11/h2,5-6,9,11H,3-4,7-8H2,1H3,(H2,17,19,20,21). The van der Waals surface area contributed by atoms with Crippen molar-refractivity contribution in [1.29, 1.82) is 0 Å². The molecule has 0 spiro atoms. The van der Waals surface area contributed by atoms with Gasteiger partial charge in [-0.3, -0.25) is 0 Å². The van der Waals surface area contributed by atoms with E-state index in [0.29, 0.717) is 23.3 Å². The molecule has 1 aliphatic heterocycles. The van der Waals surface area contributed by atoms with Crippen LogP contribution >= 0.6 is 11.6 Å². The molecule has 2 heterocycles. The fourth-order valence-corrected chi connectivity index (χ4v) is 2.50. The van der Waals surface area contributed by atoms with Crippen LogP contribution in [0, 0.1) is 6.92 Å². The third-order valence-electron chi connectivity index (χ3n) is 3.60. The summed E-state index contributed by atoms with van der Waals surface area (Å²) >= 11 is 6.12. The number of aromatic nitrogens is 3. The van der Waals surface area contributed by atoms with Crippen molar-refractivity contribution >= 4 is 29.1 Å². The Bertz CT molecular complexity index is 646. The number of halogens is 1. The summed E-state index contributed by atoms with van der Waals surface area (Å²) in [6, 6.07) is 5.69. The van der Waals surface area contributed by atoms with Crippen molar-refractivity contribution in [2.24, 2.45) is 0 Å². The zero-order chi connectivity index (χ0) is 15.4. The first kappa shape index (κ1) is 15.0. The molecule has 0 saturated carbocycles. The minimum Gasteiger partial charge on any atom is -0.376 e. The Morgan fingerprint density at radius 3 is 3.14 bits per heavy atom. The van der Waals surface area contributed by atoms with Gasteiger partial charge in [-0.25, -0.2) is 0 Å². The molecule has 0 aliphatic carbocycles. The average Bonchev–Trinajstić information content (AvgIpc) is 3.04. The Morgan fingerprint density at radius 1 is 1.41 bits per heavy atom. The average molecular weight is 320 g/mol. The third-order valence-corrected chi connectivity index (χ3v) is 4.01. The molecule has 2 aromatic rings. The van der Waals surface area contributed by atoms with Crippen molar-refractivity contribution in [3.8, 4) is 0 Å². The topological polar surface area (TPSA) is 72.0 Å². The Balaban J connectivity index is 1.66. The van der Waals surface area contributed by atoms with Gasteiger partial charge in [0.1, 0.15) is 0 Å². The molecule has 1 unspecified atom stereocenters. The normalized spacial score (nSPS) is 17.5. The Kier molecular flexibility index (Phi) is 4.70. The molecule has 1 atom stereocenters. The van der Waals surface area contributed by atoms with Gasteiger partial charge in [0.25, 0.3) is 0 Å². The third kappa shape index (κ3) is 3.64. The summed E-state index contributed by atoms with van der Waals surface area (Å²) < 4.78 is 5.56. The highest BCUT2D eigenvalue weighted by Crippen LogP contribution is 2.25. The molecule has 1 aromatic carbocycles. The Labute approximate surface area is 134 Å². The van der Waals surface area contributed by atoms with Crippen LogP contribution in [0.15, 0.2) is 24.4 Å². The second kappa shape index (κ2) is 6.89. The van der Waals surface area contributed by atoms with Gasteiger partial charge in [0.05, 0.1) is 12.3 Å². The number of nitrogens with one attached hydrogen (secondary N) is 2. The van der Waals surface area contributed by atoms with E-state index in [1.165, 1.54) is 0 Å². The van der Waals surface area contributed by atoms with Gasteiger partial charge >= 0.3 is 0 Å². The van der Waals surface area contributed by atoms with Crippen molar-refractivity contribution in [3.63, 3.8) is 0 Å². The lowest BCUT2D eigenvalue weighted by molar-refractivity contribution is 0.120. The summed E-state index contributed by atoms with van der Waals surface area (Å²) in [5.41, 5.74) is 1.87. The molecule has 1 saturated heterocycles. The number of anilines is 3. The van der Waals surface area contributed by atoms with Crippen molar-refractivity contribution in [1.82, 2.24) is 15.2 Å². The van der Waals surface area contributed by atoms with Gasteiger partial charge in [-0.2, -0.15) is 10.1 Å². The van der Waals surface area contributed by atoms with Crippen molar-refractivity contribution in [2.45, 2.75) is 25.9 Å². The summed E-state index contributed by atoms with van der Waals surface area (Å²) in [6.07, 6.45) is 3.99. The summed E-state index contributed by atoms with van der Waals surface area (Å²) in [6.45, 7) is 3.48. The number of benzene rings is 1. The predicted molar refractivity (Wildman–Crippen MR) is 86.8 cm³/mol. The van der Waals surface area contributed by atoms with Gasteiger partial charge in [0.2, 0.25) is 5.95 Å². The zero-order valence-electron chi connectivity index (χ0n) is 12.3. The quantitative estimate of drug-likeness (QED) is 0.882. The van der Waals surface area contributed by atoms with E-state index in [2.05, 4.69) is 25.8 Å². The summed E-state index contributed by atoms with van der Waals surface area (Å²) in [5, 5.41) is 15.0. The predicted octanol–water partition coefficient (Wildman–Crippen LogP) is 3.17. The van der Waals surface area contributed by atoms with E-state index in [4.69, 9.17) is 16.3 Å². The summed E-state index contributed by atoms with van der Waals surface area (Å²) in [7, 11) is 0. The van der Waals surface area contributed by atoms with E-state index in [-0.39, 0.29) is 6.10 Å². The van der Waals surface area contributed by atoms with Gasteiger partial charge in [-0.15, -0.1) is 5.10 Å². The Morgan fingerprint density at radius 2 is 2.32 bits per heavy atom. The first-order valence-corrected chi connectivity index (χ1v) is 7.67. The minimum absolute atomic E-state index is 0.232. The molecular weight excluding hydrogens is 302 g/mol. The van der Waals surface area contributed by atoms with E-state index in [1.54, 1.807) is 6.20 Å². The molecule has 0 radical (unpaired) electrons. The SMILES string of the molecule is Cc1c(Cl)cccc1Nc1cnnc(NCC2CCCO2)n1. The van der Waals surface area contributed by atoms with E-state index in [9.17, 15) is 0 Å². The molecule has 0 bridgehead atoms. The fourth-order valence-electron chi connectivity index (χ4n) is 2.33. The minimum atomic E-state index is 0.232. The first-order valence-electron chi connectivity index (χ1n) is 7.30. The zero-order valence-corrected chi connectivity index (χ0v) is 13.1. The number of nitrogens with zero attached hydrogens (tertiary/aromatic N) is 3. The molecular formula is C15H18ClN5O. The molecule has 0 amide bonds. The van der Waals surface area contributed by atoms with Crippen LogP contribution in [0.3, 0.4) is 0 Å². The summed E-state index contributed by atoms with van der Waals surface area (Å²) in [5.74, 6) is 1.11. The number of ether oxygens (including phenoxy) is 1. The highest BCUT2D eigenvalue weighted by Gasteiger charge is 2.15. The highest BCUT2D eigenvalue weighted by molar-refractivity contribution is 6.31. The Hall–Kier alpha value is -1.92. The van der Waals surface area contributed by atoms with Gasteiger partial charge in [-0.05, 0) is 37.5 Å². The maximum atomic E-state index is 6.12. The highest BCUT2D eigenvalue weighted by atomic mass is 35.5. The maximum absolute atomic E-state index is 6.12. The van der Waals surface area contributed by atoms with Crippen LogP contribution < -0.4 is 10.6 Å². The first-order chi connectivity index (χ1) is 10.7. The summed E-state index contributed by atoms with van der Waals surface area (Å²) in [4.78, 5) is 4.41. The molecule has 1 aliphatic rings. The van der Waals surface area contributed by atoms with Crippen molar-refractivity contribution < 1.29 is 4.74 Å². The van der Waals surface area contributed by atoms with Crippen LogP contribution in [0.1, 0.15) is 18.4 Å². The van der Waals surface area contributed by atoms with Crippen LogP contribution in [-0.4, -0.2) is 34.4 Å². The van der Waals surface area contributed by atoms with Gasteiger partial charge in [0, 0.05) is 23.9 Å². The molecule has 22 heavy (non-hydrogen) atoms. The monoisotopic (exact) mass is 319 g/mol. The molecule has 116 valence electrons. The maximum Gasteiger partial charge on any atom is 0.244 e. The fraction of sp³-hybridized carbons (Fsp3) is 0.400.